The third-order valence-electron chi connectivity index (χ3n) is 3.65. The van der Waals surface area contributed by atoms with E-state index in [9.17, 15) is 14.7 Å². The molecule has 1 aliphatic carbocycles. The van der Waals surface area contributed by atoms with Gasteiger partial charge in [-0.25, -0.2) is 0 Å². The lowest BCUT2D eigenvalue weighted by Gasteiger charge is -2.16. The van der Waals surface area contributed by atoms with Crippen LogP contribution in [0.5, 0.6) is 0 Å². The molecule has 0 bridgehead atoms. The Balaban J connectivity index is 2.13. The van der Waals surface area contributed by atoms with E-state index in [-0.39, 0.29) is 0 Å². The van der Waals surface area contributed by atoms with Crippen LogP contribution in [-0.4, -0.2) is 17.0 Å². The quantitative estimate of drug-likeness (QED) is 0.524. The molecule has 0 saturated heterocycles. The second-order valence-electron chi connectivity index (χ2n) is 5.15. The molecule has 2 atom stereocenters. The summed E-state index contributed by atoms with van der Waals surface area (Å²) in [5.41, 5.74) is 1.57. The molecule has 110 valence electrons. The van der Waals surface area contributed by atoms with E-state index in [4.69, 9.17) is 4.74 Å². The number of esters is 1. The van der Waals surface area contributed by atoms with Gasteiger partial charge in [-0.2, -0.15) is 0 Å². The van der Waals surface area contributed by atoms with Gasteiger partial charge < -0.3 is 9.84 Å². The molecule has 0 spiro atoms. The van der Waals surface area contributed by atoms with Crippen molar-refractivity contribution in [2.45, 2.75) is 19.8 Å². The van der Waals surface area contributed by atoms with Gasteiger partial charge in [-0.3, -0.25) is 9.59 Å². The SMILES string of the molecule is C=C1C[C@H](C(=O)O)[C@H](C(=O)O/C(=C/C)c2ccccc2)C1. The molecule has 0 radical (unpaired) electrons. The van der Waals surface area contributed by atoms with Gasteiger partial charge in [0.15, 0.2) is 0 Å². The van der Waals surface area contributed by atoms with Crippen LogP contribution < -0.4 is 0 Å². The molecule has 4 heteroatoms. The van der Waals surface area contributed by atoms with Crippen LogP contribution >= 0.6 is 0 Å². The number of allylic oxidation sites excluding steroid dienone is 2. The lowest BCUT2D eigenvalue weighted by atomic mass is 9.96. The molecule has 1 N–H and O–H groups in total. The minimum Gasteiger partial charge on any atom is -0.481 e. The van der Waals surface area contributed by atoms with Gasteiger partial charge in [-0.1, -0.05) is 42.5 Å². The average molecular weight is 286 g/mol. The number of benzene rings is 1. The Morgan fingerprint density at radius 2 is 1.86 bits per heavy atom. The molecule has 1 aromatic carbocycles. The van der Waals surface area contributed by atoms with Crippen LogP contribution in [0.4, 0.5) is 0 Å². The van der Waals surface area contributed by atoms with Crippen molar-refractivity contribution in [1.29, 1.82) is 0 Å². The predicted octanol–water partition coefficient (Wildman–Crippen LogP) is 3.26. The van der Waals surface area contributed by atoms with Gasteiger partial charge in [-0.15, -0.1) is 0 Å². The topological polar surface area (TPSA) is 63.6 Å². The minimum atomic E-state index is -0.975. The Morgan fingerprint density at radius 1 is 1.24 bits per heavy atom. The maximum atomic E-state index is 12.3. The first-order valence-corrected chi connectivity index (χ1v) is 6.85. The summed E-state index contributed by atoms with van der Waals surface area (Å²) in [6.45, 7) is 5.57. The molecular formula is C17H18O4. The molecule has 1 aromatic rings. The molecule has 21 heavy (non-hydrogen) atoms. The van der Waals surface area contributed by atoms with Crippen LogP contribution in [0.2, 0.25) is 0 Å². The largest absolute Gasteiger partial charge is 0.481 e. The number of rotatable bonds is 4. The van der Waals surface area contributed by atoms with Gasteiger partial charge in [0.2, 0.25) is 0 Å². The number of carbonyl (C=O) groups is 2. The highest BCUT2D eigenvalue weighted by atomic mass is 16.5. The first-order chi connectivity index (χ1) is 10.0. The van der Waals surface area contributed by atoms with Gasteiger partial charge in [0, 0.05) is 5.56 Å². The lowest BCUT2D eigenvalue weighted by Crippen LogP contribution is -2.26. The third kappa shape index (κ3) is 3.40. The number of hydrogen-bond acceptors (Lipinski definition) is 3. The fraction of sp³-hybridized carbons (Fsp3) is 0.294. The second-order valence-corrected chi connectivity index (χ2v) is 5.15. The summed E-state index contributed by atoms with van der Waals surface area (Å²) in [5, 5.41) is 9.20. The molecule has 0 unspecified atom stereocenters. The monoisotopic (exact) mass is 286 g/mol. The van der Waals surface area contributed by atoms with Crippen molar-refractivity contribution in [3.8, 4) is 0 Å². The van der Waals surface area contributed by atoms with E-state index in [1.54, 1.807) is 13.0 Å². The van der Waals surface area contributed by atoms with E-state index in [0.717, 1.165) is 11.1 Å². The minimum absolute atomic E-state index is 0.339. The number of ether oxygens (including phenoxy) is 1. The fourth-order valence-electron chi connectivity index (χ4n) is 2.57. The number of hydrogen-bond donors (Lipinski definition) is 1. The summed E-state index contributed by atoms with van der Waals surface area (Å²) in [4.78, 5) is 23.5. The maximum Gasteiger partial charge on any atom is 0.315 e. The second kappa shape index (κ2) is 6.39. The third-order valence-corrected chi connectivity index (χ3v) is 3.65. The standard InChI is InChI=1S/C17H18O4/c1-3-15(12-7-5-4-6-8-12)21-17(20)14-10-11(2)9-13(14)16(18)19/h3-8,13-14H,2,9-10H2,1H3,(H,18,19)/b15-3+/t13-,14+/m0/s1. The maximum absolute atomic E-state index is 12.3. The number of aliphatic carboxylic acids is 1. The highest BCUT2D eigenvalue weighted by Gasteiger charge is 2.41. The molecule has 1 fully saturated rings. The van der Waals surface area contributed by atoms with Crippen LogP contribution in [0.1, 0.15) is 25.3 Å². The Bertz CT molecular complexity index is 586. The van der Waals surface area contributed by atoms with Crippen LogP contribution in [0.3, 0.4) is 0 Å². The molecule has 2 rings (SSSR count). The van der Waals surface area contributed by atoms with Crippen LogP contribution in [-0.2, 0) is 14.3 Å². The molecule has 4 nitrogen and oxygen atoms in total. The van der Waals surface area contributed by atoms with Gasteiger partial charge >= 0.3 is 11.9 Å². The van der Waals surface area contributed by atoms with E-state index in [0.29, 0.717) is 18.6 Å². The zero-order valence-electron chi connectivity index (χ0n) is 11.9. The Labute approximate surface area is 123 Å². The summed E-state index contributed by atoms with van der Waals surface area (Å²) < 4.78 is 5.42. The predicted molar refractivity (Wildman–Crippen MR) is 79.2 cm³/mol. The number of carboxylic acid groups (broad SMARTS) is 1. The van der Waals surface area contributed by atoms with Crippen molar-refractivity contribution < 1.29 is 19.4 Å². The summed E-state index contributed by atoms with van der Waals surface area (Å²) in [6.07, 6.45) is 2.42. The van der Waals surface area contributed by atoms with Crippen LogP contribution in [0.15, 0.2) is 48.6 Å². The molecule has 0 aliphatic heterocycles. The van der Waals surface area contributed by atoms with Crippen LogP contribution in [0.25, 0.3) is 5.76 Å². The zero-order valence-corrected chi connectivity index (χ0v) is 11.9. The lowest BCUT2D eigenvalue weighted by molar-refractivity contribution is -0.151. The molecule has 0 amide bonds. The van der Waals surface area contributed by atoms with Crippen molar-refractivity contribution >= 4 is 17.7 Å². The average Bonchev–Trinajstić information content (AvgIpc) is 2.88. The Hall–Kier alpha value is -2.36. The Kier molecular flexibility index (Phi) is 4.58. The summed E-state index contributed by atoms with van der Waals surface area (Å²) in [6, 6.07) is 9.25. The van der Waals surface area contributed by atoms with Crippen molar-refractivity contribution in [1.82, 2.24) is 0 Å². The van der Waals surface area contributed by atoms with Crippen LogP contribution in [0, 0.1) is 11.8 Å². The van der Waals surface area contributed by atoms with Crippen molar-refractivity contribution in [2.75, 3.05) is 0 Å². The smallest absolute Gasteiger partial charge is 0.315 e. The first-order valence-electron chi connectivity index (χ1n) is 6.85. The normalized spacial score (nSPS) is 22.1. The highest BCUT2D eigenvalue weighted by molar-refractivity contribution is 5.86. The highest BCUT2D eigenvalue weighted by Crippen LogP contribution is 2.37. The van der Waals surface area contributed by atoms with Gasteiger partial charge in [0.1, 0.15) is 5.76 Å². The molecule has 1 saturated carbocycles. The summed E-state index contributed by atoms with van der Waals surface area (Å²) in [7, 11) is 0. The molecule has 0 heterocycles. The van der Waals surface area contributed by atoms with Gasteiger partial charge in [0.25, 0.3) is 0 Å². The van der Waals surface area contributed by atoms with Gasteiger partial charge in [-0.05, 0) is 25.8 Å². The van der Waals surface area contributed by atoms with E-state index in [1.807, 2.05) is 30.3 Å². The summed E-state index contributed by atoms with van der Waals surface area (Å²) >= 11 is 0. The first kappa shape index (κ1) is 15.0. The van der Waals surface area contributed by atoms with Crippen molar-refractivity contribution in [3.05, 3.63) is 54.1 Å². The number of carboxylic acids is 1. The zero-order chi connectivity index (χ0) is 15.4. The van der Waals surface area contributed by atoms with E-state index in [1.165, 1.54) is 0 Å². The molecular weight excluding hydrogens is 268 g/mol. The van der Waals surface area contributed by atoms with Crippen molar-refractivity contribution in [3.63, 3.8) is 0 Å². The summed E-state index contributed by atoms with van der Waals surface area (Å²) in [5.74, 6) is -2.43. The fourth-order valence-corrected chi connectivity index (χ4v) is 2.57. The van der Waals surface area contributed by atoms with E-state index in [2.05, 4.69) is 6.58 Å². The Morgan fingerprint density at radius 3 is 2.43 bits per heavy atom. The van der Waals surface area contributed by atoms with E-state index >= 15 is 0 Å². The van der Waals surface area contributed by atoms with Gasteiger partial charge in [0.05, 0.1) is 11.8 Å². The number of carbonyl (C=O) groups excluding carboxylic acids is 1. The molecule has 1 aliphatic rings. The van der Waals surface area contributed by atoms with Crippen molar-refractivity contribution in [2.24, 2.45) is 11.8 Å². The van der Waals surface area contributed by atoms with E-state index < -0.39 is 23.8 Å². The molecule has 0 aromatic heterocycles.